The molecular formula is C10H16F2. The summed E-state index contributed by atoms with van der Waals surface area (Å²) < 4.78 is 25.9. The molecule has 0 nitrogen and oxygen atoms in total. The van der Waals surface area contributed by atoms with Crippen LogP contribution in [0.5, 0.6) is 0 Å². The highest BCUT2D eigenvalue weighted by Gasteiger charge is 2.74. The molecule has 2 aliphatic carbocycles. The molecule has 0 radical (unpaired) electrons. The lowest BCUT2D eigenvalue weighted by atomic mass is 9.83. The lowest BCUT2D eigenvalue weighted by Crippen LogP contribution is -2.20. The molecule has 2 fully saturated rings. The van der Waals surface area contributed by atoms with Gasteiger partial charge in [0, 0.05) is 11.8 Å². The molecule has 0 heterocycles. The van der Waals surface area contributed by atoms with Crippen molar-refractivity contribution >= 4 is 0 Å². The van der Waals surface area contributed by atoms with Crippen LogP contribution in [0.3, 0.4) is 0 Å². The van der Waals surface area contributed by atoms with Crippen molar-refractivity contribution in [3.63, 3.8) is 0 Å². The minimum atomic E-state index is -2.30. The van der Waals surface area contributed by atoms with Crippen molar-refractivity contribution in [3.05, 3.63) is 0 Å². The number of hydrogen-bond acceptors (Lipinski definition) is 0. The molecule has 0 N–H and O–H groups in total. The molecule has 0 aromatic carbocycles. The van der Waals surface area contributed by atoms with Gasteiger partial charge in [-0.1, -0.05) is 20.8 Å². The summed E-state index contributed by atoms with van der Waals surface area (Å²) >= 11 is 0. The van der Waals surface area contributed by atoms with Gasteiger partial charge in [0.05, 0.1) is 0 Å². The summed E-state index contributed by atoms with van der Waals surface area (Å²) in [6.07, 6.45) is 0.760. The molecule has 0 amide bonds. The van der Waals surface area contributed by atoms with Crippen LogP contribution in [0, 0.1) is 29.6 Å². The molecular weight excluding hydrogens is 158 g/mol. The van der Waals surface area contributed by atoms with Crippen molar-refractivity contribution in [1.29, 1.82) is 0 Å². The van der Waals surface area contributed by atoms with Crippen molar-refractivity contribution < 1.29 is 8.78 Å². The monoisotopic (exact) mass is 174 g/mol. The molecule has 70 valence electrons. The highest BCUT2D eigenvalue weighted by atomic mass is 19.3. The fourth-order valence-corrected chi connectivity index (χ4v) is 3.09. The molecule has 0 aromatic rings. The third-order valence-electron chi connectivity index (χ3n) is 3.89. The first-order valence-electron chi connectivity index (χ1n) is 4.84. The quantitative estimate of drug-likeness (QED) is 0.572. The Hall–Kier alpha value is -0.140. The molecule has 0 bridgehead atoms. The summed E-state index contributed by atoms with van der Waals surface area (Å²) in [5.74, 6) is -1.48. The summed E-state index contributed by atoms with van der Waals surface area (Å²) in [6, 6.07) is 0. The van der Waals surface area contributed by atoms with Gasteiger partial charge in [0.1, 0.15) is 0 Å². The predicted octanol–water partition coefficient (Wildman–Crippen LogP) is 3.18. The van der Waals surface area contributed by atoms with E-state index in [9.17, 15) is 8.78 Å². The number of rotatable bonds is 1. The maximum Gasteiger partial charge on any atom is 0.254 e. The molecule has 4 atom stereocenters. The molecule has 0 saturated heterocycles. The van der Waals surface area contributed by atoms with Gasteiger partial charge in [-0.2, -0.15) is 0 Å². The maximum atomic E-state index is 12.9. The third kappa shape index (κ3) is 0.868. The van der Waals surface area contributed by atoms with Crippen LogP contribution in [0.1, 0.15) is 27.2 Å². The summed E-state index contributed by atoms with van der Waals surface area (Å²) in [4.78, 5) is 0. The average molecular weight is 174 g/mol. The number of hydrogen-bond donors (Lipinski definition) is 0. The van der Waals surface area contributed by atoms with Crippen LogP contribution in [0.4, 0.5) is 8.78 Å². The van der Waals surface area contributed by atoms with Crippen LogP contribution in [-0.2, 0) is 0 Å². The summed E-state index contributed by atoms with van der Waals surface area (Å²) in [5, 5.41) is 0. The van der Waals surface area contributed by atoms with E-state index >= 15 is 0 Å². The second-order valence-corrected chi connectivity index (χ2v) is 4.81. The SMILES string of the molecule is CC(C)C1CC2C(C1C)C2(F)F. The lowest BCUT2D eigenvalue weighted by Gasteiger charge is -2.24. The number of halogens is 2. The second kappa shape index (κ2) is 2.21. The van der Waals surface area contributed by atoms with E-state index in [2.05, 4.69) is 13.8 Å². The molecule has 2 rings (SSSR count). The van der Waals surface area contributed by atoms with E-state index < -0.39 is 5.92 Å². The van der Waals surface area contributed by atoms with Gasteiger partial charge in [-0.15, -0.1) is 0 Å². The fourth-order valence-electron chi connectivity index (χ4n) is 3.09. The Morgan fingerprint density at radius 1 is 1.33 bits per heavy atom. The summed E-state index contributed by atoms with van der Waals surface area (Å²) in [6.45, 7) is 6.28. The van der Waals surface area contributed by atoms with E-state index in [1.165, 1.54) is 0 Å². The van der Waals surface area contributed by atoms with Gasteiger partial charge < -0.3 is 0 Å². The van der Waals surface area contributed by atoms with E-state index in [4.69, 9.17) is 0 Å². The number of fused-ring (bicyclic) bond motifs is 1. The smallest absolute Gasteiger partial charge is 0.206 e. The molecule has 2 saturated carbocycles. The van der Waals surface area contributed by atoms with Crippen molar-refractivity contribution in [2.75, 3.05) is 0 Å². The topological polar surface area (TPSA) is 0 Å². The Balaban J connectivity index is 2.06. The summed E-state index contributed by atoms with van der Waals surface area (Å²) in [5.41, 5.74) is 0. The van der Waals surface area contributed by atoms with E-state index in [-0.39, 0.29) is 17.8 Å². The van der Waals surface area contributed by atoms with Gasteiger partial charge >= 0.3 is 0 Å². The van der Waals surface area contributed by atoms with Crippen LogP contribution >= 0.6 is 0 Å². The van der Waals surface area contributed by atoms with Gasteiger partial charge in [0.15, 0.2) is 0 Å². The maximum absolute atomic E-state index is 12.9. The minimum Gasteiger partial charge on any atom is -0.206 e. The van der Waals surface area contributed by atoms with Crippen molar-refractivity contribution in [1.82, 2.24) is 0 Å². The van der Waals surface area contributed by atoms with Gasteiger partial charge in [0.25, 0.3) is 5.92 Å². The van der Waals surface area contributed by atoms with Crippen molar-refractivity contribution in [3.8, 4) is 0 Å². The van der Waals surface area contributed by atoms with Gasteiger partial charge in [-0.05, 0) is 24.2 Å². The molecule has 12 heavy (non-hydrogen) atoms. The Bertz CT molecular complexity index is 196. The largest absolute Gasteiger partial charge is 0.254 e. The molecule has 0 spiro atoms. The van der Waals surface area contributed by atoms with Gasteiger partial charge in [-0.25, -0.2) is 8.78 Å². The molecule has 0 aliphatic heterocycles. The lowest BCUT2D eigenvalue weighted by molar-refractivity contribution is 0.0413. The Morgan fingerprint density at radius 3 is 2.25 bits per heavy atom. The Kier molecular flexibility index (Phi) is 1.56. The fraction of sp³-hybridized carbons (Fsp3) is 1.00. The molecule has 2 heteroatoms. The second-order valence-electron chi connectivity index (χ2n) is 4.81. The van der Waals surface area contributed by atoms with E-state index in [0.717, 1.165) is 6.42 Å². The Morgan fingerprint density at radius 2 is 1.92 bits per heavy atom. The van der Waals surface area contributed by atoms with Gasteiger partial charge in [0.2, 0.25) is 0 Å². The molecule has 2 aliphatic rings. The predicted molar refractivity (Wildman–Crippen MR) is 44.0 cm³/mol. The third-order valence-corrected chi connectivity index (χ3v) is 3.89. The van der Waals surface area contributed by atoms with Crippen molar-refractivity contribution in [2.45, 2.75) is 33.1 Å². The van der Waals surface area contributed by atoms with E-state index in [0.29, 0.717) is 11.8 Å². The van der Waals surface area contributed by atoms with E-state index in [1.807, 2.05) is 6.92 Å². The number of alkyl halides is 2. The van der Waals surface area contributed by atoms with Crippen LogP contribution in [0.25, 0.3) is 0 Å². The molecule has 0 aromatic heterocycles. The van der Waals surface area contributed by atoms with Crippen LogP contribution in [-0.4, -0.2) is 5.92 Å². The normalized spacial score (nSPS) is 49.5. The first-order chi connectivity index (χ1) is 5.46. The summed E-state index contributed by atoms with van der Waals surface area (Å²) in [7, 11) is 0. The van der Waals surface area contributed by atoms with Crippen LogP contribution < -0.4 is 0 Å². The van der Waals surface area contributed by atoms with E-state index in [1.54, 1.807) is 0 Å². The highest BCUT2D eigenvalue weighted by molar-refractivity contribution is 5.14. The first-order valence-corrected chi connectivity index (χ1v) is 4.84. The zero-order valence-electron chi connectivity index (χ0n) is 7.85. The van der Waals surface area contributed by atoms with Crippen molar-refractivity contribution in [2.24, 2.45) is 29.6 Å². The first kappa shape index (κ1) is 8.46. The van der Waals surface area contributed by atoms with Crippen LogP contribution in [0.2, 0.25) is 0 Å². The highest BCUT2D eigenvalue weighted by Crippen LogP contribution is 2.68. The zero-order chi connectivity index (χ0) is 9.09. The minimum absolute atomic E-state index is 0.241. The standard InChI is InChI=1S/C10H16F2/c1-5(2)7-4-8-9(6(7)3)10(8,11)12/h5-9H,4H2,1-3H3. The average Bonchev–Trinajstić information content (AvgIpc) is 2.35. The van der Waals surface area contributed by atoms with Crippen LogP contribution in [0.15, 0.2) is 0 Å². The zero-order valence-corrected chi connectivity index (χ0v) is 7.85. The Labute approximate surface area is 72.3 Å². The molecule has 4 unspecified atom stereocenters. The van der Waals surface area contributed by atoms with Gasteiger partial charge in [-0.3, -0.25) is 0 Å².